The molecule has 0 N–H and O–H groups in total. The summed E-state index contributed by atoms with van der Waals surface area (Å²) in [6.45, 7) is 5.64. The van der Waals surface area contributed by atoms with E-state index in [0.717, 1.165) is 23.1 Å². The van der Waals surface area contributed by atoms with Crippen molar-refractivity contribution in [1.29, 1.82) is 0 Å². The van der Waals surface area contributed by atoms with Crippen molar-refractivity contribution < 1.29 is 4.42 Å². The highest BCUT2D eigenvalue weighted by atomic mass is 16.4. The second-order valence-electron chi connectivity index (χ2n) is 4.48. The summed E-state index contributed by atoms with van der Waals surface area (Å²) in [6.07, 6.45) is 1.65. The maximum Gasteiger partial charge on any atom is 0.422 e. The van der Waals surface area contributed by atoms with E-state index in [1.807, 2.05) is 13.8 Å². The first kappa shape index (κ1) is 12.5. The van der Waals surface area contributed by atoms with Crippen LogP contribution in [0.25, 0.3) is 11.1 Å². The Kier molecular flexibility index (Phi) is 3.32. The van der Waals surface area contributed by atoms with Gasteiger partial charge in [-0.15, -0.1) is 0 Å². The van der Waals surface area contributed by atoms with Crippen LogP contribution in [0, 0.1) is 6.92 Å². The Bertz CT molecular complexity index is 685. The van der Waals surface area contributed by atoms with E-state index in [1.54, 1.807) is 19.1 Å². The van der Waals surface area contributed by atoms with Gasteiger partial charge in [0.25, 0.3) is 5.56 Å². The third kappa shape index (κ3) is 2.08. The SMILES string of the molecule is CCCC(C)n1c(=O)oc2ccc(C)nc2c1=O. The first-order valence-electron chi connectivity index (χ1n) is 6.07. The monoisotopic (exact) mass is 248 g/mol. The van der Waals surface area contributed by atoms with E-state index in [-0.39, 0.29) is 22.7 Å². The van der Waals surface area contributed by atoms with E-state index in [0.29, 0.717) is 0 Å². The Morgan fingerprint density at radius 3 is 2.78 bits per heavy atom. The Hall–Kier alpha value is -1.91. The van der Waals surface area contributed by atoms with Gasteiger partial charge in [0, 0.05) is 11.7 Å². The maximum atomic E-state index is 12.3. The fraction of sp³-hybridized carbons (Fsp3) is 0.462. The predicted octanol–water partition coefficient (Wildman–Crippen LogP) is 2.02. The molecule has 1 atom stereocenters. The highest BCUT2D eigenvalue weighted by Crippen LogP contribution is 2.11. The number of rotatable bonds is 3. The molecule has 0 spiro atoms. The van der Waals surface area contributed by atoms with Crippen LogP contribution >= 0.6 is 0 Å². The zero-order chi connectivity index (χ0) is 13.3. The van der Waals surface area contributed by atoms with Crippen LogP contribution in [-0.2, 0) is 0 Å². The van der Waals surface area contributed by atoms with Crippen molar-refractivity contribution in [2.75, 3.05) is 0 Å². The molecule has 5 nitrogen and oxygen atoms in total. The molecule has 2 aromatic rings. The Morgan fingerprint density at radius 1 is 1.39 bits per heavy atom. The van der Waals surface area contributed by atoms with Gasteiger partial charge in [-0.2, -0.15) is 0 Å². The van der Waals surface area contributed by atoms with Crippen LogP contribution in [0.3, 0.4) is 0 Å². The quantitative estimate of drug-likeness (QED) is 0.833. The number of pyridine rings is 1. The van der Waals surface area contributed by atoms with Crippen LogP contribution in [0.2, 0.25) is 0 Å². The van der Waals surface area contributed by atoms with Crippen LogP contribution in [0.1, 0.15) is 38.4 Å². The van der Waals surface area contributed by atoms with Crippen molar-refractivity contribution in [1.82, 2.24) is 9.55 Å². The first-order valence-corrected chi connectivity index (χ1v) is 6.07. The molecule has 0 bridgehead atoms. The van der Waals surface area contributed by atoms with Crippen LogP contribution in [0.15, 0.2) is 26.1 Å². The topological polar surface area (TPSA) is 65.1 Å². The minimum atomic E-state index is -0.612. The van der Waals surface area contributed by atoms with Gasteiger partial charge in [0.2, 0.25) is 0 Å². The molecule has 18 heavy (non-hydrogen) atoms. The second-order valence-corrected chi connectivity index (χ2v) is 4.48. The summed E-state index contributed by atoms with van der Waals surface area (Å²) in [5.41, 5.74) is 0.821. The minimum absolute atomic E-state index is 0.175. The van der Waals surface area contributed by atoms with Crippen LogP contribution in [0.4, 0.5) is 0 Å². The van der Waals surface area contributed by atoms with E-state index in [1.165, 1.54) is 0 Å². The van der Waals surface area contributed by atoms with Gasteiger partial charge in [0.1, 0.15) is 0 Å². The molecule has 0 amide bonds. The zero-order valence-corrected chi connectivity index (χ0v) is 10.8. The number of fused-ring (bicyclic) bond motifs is 1. The number of hydrogen-bond acceptors (Lipinski definition) is 4. The van der Waals surface area contributed by atoms with E-state index in [2.05, 4.69) is 4.98 Å². The van der Waals surface area contributed by atoms with Crippen LogP contribution in [-0.4, -0.2) is 9.55 Å². The largest absolute Gasteiger partial charge is 0.422 e. The molecule has 0 aliphatic heterocycles. The van der Waals surface area contributed by atoms with Gasteiger partial charge in [-0.25, -0.2) is 14.3 Å². The summed E-state index contributed by atoms with van der Waals surface area (Å²) in [6, 6.07) is 3.14. The van der Waals surface area contributed by atoms with Crippen LogP contribution in [0.5, 0.6) is 0 Å². The molecule has 2 heterocycles. The fourth-order valence-corrected chi connectivity index (χ4v) is 2.05. The number of aromatic nitrogens is 2. The standard InChI is InChI=1S/C13H16N2O3/c1-4-5-9(3)15-12(16)11-10(18-13(15)17)7-6-8(2)14-11/h6-7,9H,4-5H2,1-3H3. The van der Waals surface area contributed by atoms with Crippen molar-refractivity contribution in [3.05, 3.63) is 38.7 Å². The summed E-state index contributed by atoms with van der Waals surface area (Å²) < 4.78 is 6.29. The number of nitrogens with zero attached hydrogens (tertiary/aromatic N) is 2. The van der Waals surface area contributed by atoms with Crippen molar-refractivity contribution in [2.24, 2.45) is 0 Å². The van der Waals surface area contributed by atoms with E-state index in [4.69, 9.17) is 4.42 Å². The molecule has 0 radical (unpaired) electrons. The highest BCUT2D eigenvalue weighted by Gasteiger charge is 2.15. The Labute approximate surface area is 104 Å². The molecule has 1 unspecified atom stereocenters. The highest BCUT2D eigenvalue weighted by molar-refractivity contribution is 5.70. The number of aryl methyl sites for hydroxylation is 1. The van der Waals surface area contributed by atoms with Gasteiger partial charge in [0.05, 0.1) is 0 Å². The second kappa shape index (κ2) is 4.76. The van der Waals surface area contributed by atoms with Crippen molar-refractivity contribution in [2.45, 2.75) is 39.7 Å². The molecule has 5 heteroatoms. The van der Waals surface area contributed by atoms with Crippen molar-refractivity contribution in [3.63, 3.8) is 0 Å². The molecule has 0 aliphatic carbocycles. The normalized spacial score (nSPS) is 12.8. The lowest BCUT2D eigenvalue weighted by molar-refractivity contribution is 0.392. The van der Waals surface area contributed by atoms with E-state index in [9.17, 15) is 9.59 Å². The van der Waals surface area contributed by atoms with Gasteiger partial charge in [-0.3, -0.25) is 4.79 Å². The molecule has 0 saturated heterocycles. The summed E-state index contributed by atoms with van der Waals surface area (Å²) >= 11 is 0. The Balaban J connectivity index is 2.75. The zero-order valence-electron chi connectivity index (χ0n) is 10.8. The molecule has 0 aliphatic rings. The lowest BCUT2D eigenvalue weighted by Crippen LogP contribution is -2.35. The summed E-state index contributed by atoms with van der Waals surface area (Å²) in [7, 11) is 0. The fourth-order valence-electron chi connectivity index (χ4n) is 2.05. The van der Waals surface area contributed by atoms with Gasteiger partial charge >= 0.3 is 5.76 Å². The average Bonchev–Trinajstić information content (AvgIpc) is 2.31. The van der Waals surface area contributed by atoms with Crippen LogP contribution < -0.4 is 11.3 Å². The predicted molar refractivity (Wildman–Crippen MR) is 68.9 cm³/mol. The maximum absolute atomic E-state index is 12.3. The average molecular weight is 248 g/mol. The van der Waals surface area contributed by atoms with Gasteiger partial charge in [-0.1, -0.05) is 13.3 Å². The molecule has 0 aromatic carbocycles. The number of hydrogen-bond donors (Lipinski definition) is 0. The minimum Gasteiger partial charge on any atom is -0.407 e. The molecule has 2 rings (SSSR count). The third-order valence-corrected chi connectivity index (χ3v) is 2.96. The van der Waals surface area contributed by atoms with Crippen molar-refractivity contribution >= 4 is 11.1 Å². The Morgan fingerprint density at radius 2 is 2.11 bits per heavy atom. The van der Waals surface area contributed by atoms with Gasteiger partial charge < -0.3 is 4.42 Å². The lowest BCUT2D eigenvalue weighted by Gasteiger charge is -2.12. The molecular formula is C13H16N2O3. The summed E-state index contributed by atoms with van der Waals surface area (Å²) in [4.78, 5) is 28.2. The van der Waals surface area contributed by atoms with Crippen molar-refractivity contribution in [3.8, 4) is 0 Å². The van der Waals surface area contributed by atoms with E-state index >= 15 is 0 Å². The third-order valence-electron chi connectivity index (χ3n) is 2.96. The molecule has 0 saturated carbocycles. The smallest absolute Gasteiger partial charge is 0.407 e. The molecule has 96 valence electrons. The van der Waals surface area contributed by atoms with E-state index < -0.39 is 5.76 Å². The van der Waals surface area contributed by atoms with Gasteiger partial charge in [0.15, 0.2) is 11.1 Å². The van der Waals surface area contributed by atoms with Gasteiger partial charge in [-0.05, 0) is 32.4 Å². The first-order chi connectivity index (χ1) is 8.54. The lowest BCUT2D eigenvalue weighted by atomic mass is 10.2. The molecule has 0 fully saturated rings. The molecular weight excluding hydrogens is 232 g/mol. The molecule has 2 aromatic heterocycles. The summed E-state index contributed by atoms with van der Waals surface area (Å²) in [5, 5.41) is 0. The summed E-state index contributed by atoms with van der Waals surface area (Å²) in [5.74, 6) is -0.612.